The maximum Gasteiger partial charge on any atom is 0.416 e. The van der Waals surface area contributed by atoms with E-state index in [4.69, 9.17) is 9.47 Å². The average Bonchev–Trinajstić information content (AvgIpc) is 3.48. The maximum atomic E-state index is 14.3. The van der Waals surface area contributed by atoms with Crippen LogP contribution in [-0.4, -0.2) is 46.0 Å². The first-order valence-corrected chi connectivity index (χ1v) is 14.4. The number of methoxy groups -OCH3 is 1. The highest BCUT2D eigenvalue weighted by molar-refractivity contribution is 6.10. The second-order valence-electron chi connectivity index (χ2n) is 12.1. The lowest BCUT2D eigenvalue weighted by Crippen LogP contribution is -2.48. The number of amides is 1. The maximum absolute atomic E-state index is 14.3. The van der Waals surface area contributed by atoms with Crippen molar-refractivity contribution in [2.24, 2.45) is 7.05 Å². The highest BCUT2D eigenvalue weighted by atomic mass is 19.4. The van der Waals surface area contributed by atoms with E-state index in [-0.39, 0.29) is 35.9 Å². The molecule has 0 unspecified atom stereocenters. The molecule has 0 atom stereocenters. The Hall–Kier alpha value is -3.44. The third kappa shape index (κ3) is 4.86. The van der Waals surface area contributed by atoms with Crippen LogP contribution < -0.4 is 15.0 Å². The van der Waals surface area contributed by atoms with Crippen molar-refractivity contribution >= 4 is 11.6 Å². The number of carbonyl (C=O) groups excluding carboxylic acids is 1. The summed E-state index contributed by atoms with van der Waals surface area (Å²) in [5.74, 6) is 0.830. The number of ether oxygens (including phenoxy) is 2. The second kappa shape index (κ2) is 10.4. The van der Waals surface area contributed by atoms with Crippen molar-refractivity contribution in [3.8, 4) is 5.75 Å². The van der Waals surface area contributed by atoms with Gasteiger partial charge in [-0.2, -0.15) is 13.2 Å². The molecule has 3 aliphatic rings. The predicted molar refractivity (Wildman–Crippen MR) is 150 cm³/mol. The molecule has 42 heavy (non-hydrogen) atoms. The van der Waals surface area contributed by atoms with Gasteiger partial charge in [-0.3, -0.25) is 4.79 Å². The van der Waals surface area contributed by atoms with E-state index in [0.29, 0.717) is 36.4 Å². The van der Waals surface area contributed by atoms with Crippen LogP contribution in [-0.2, 0) is 36.5 Å². The third-order valence-corrected chi connectivity index (χ3v) is 9.27. The fraction of sp³-hybridized carbons (Fsp3) is 0.516. The topological polar surface area (TPSA) is 81.5 Å². The first-order chi connectivity index (χ1) is 20.0. The quantitative estimate of drug-likeness (QED) is 0.357. The van der Waals surface area contributed by atoms with Gasteiger partial charge in [-0.25, -0.2) is 0 Å². The van der Waals surface area contributed by atoms with Crippen LogP contribution in [0.4, 0.5) is 18.9 Å². The Kier molecular flexibility index (Phi) is 7.08. The van der Waals surface area contributed by atoms with Gasteiger partial charge < -0.3 is 24.3 Å². The zero-order valence-corrected chi connectivity index (χ0v) is 24.3. The number of aryl methyl sites for hydroxylation is 1. The Bertz CT molecular complexity index is 1510. The average molecular weight is 584 g/mol. The molecule has 1 aliphatic heterocycles. The largest absolute Gasteiger partial charge is 0.494 e. The number of rotatable bonds is 9. The molecule has 0 saturated heterocycles. The van der Waals surface area contributed by atoms with Crippen LogP contribution in [0.1, 0.15) is 84.4 Å². The van der Waals surface area contributed by atoms with Crippen LogP contribution in [0.3, 0.4) is 0 Å². The summed E-state index contributed by atoms with van der Waals surface area (Å²) in [6.45, 7) is 4.42. The first kappa shape index (κ1) is 28.7. The number of halogens is 3. The van der Waals surface area contributed by atoms with Crippen molar-refractivity contribution in [1.82, 2.24) is 20.1 Å². The van der Waals surface area contributed by atoms with E-state index in [1.165, 1.54) is 11.0 Å². The molecule has 2 aromatic carbocycles. The highest BCUT2D eigenvalue weighted by Gasteiger charge is 2.51. The van der Waals surface area contributed by atoms with Gasteiger partial charge in [0, 0.05) is 43.6 Å². The minimum atomic E-state index is -4.59. The van der Waals surface area contributed by atoms with E-state index < -0.39 is 23.1 Å². The molecular weight excluding hydrogens is 547 g/mol. The number of fused-ring (bicyclic) bond motifs is 1. The van der Waals surface area contributed by atoms with E-state index in [9.17, 15) is 18.0 Å². The minimum absolute atomic E-state index is 0.000532. The molecular formula is C31H36F3N5O3. The molecule has 2 heterocycles. The molecule has 8 nitrogen and oxygen atoms in total. The van der Waals surface area contributed by atoms with Crippen molar-refractivity contribution in [2.45, 2.75) is 82.3 Å². The molecule has 1 amide bonds. The SMILES string of the molecule is CCOc1cc(N2Cc3c(cc(CNC4(C)CCC4)cc3C(F)(F)F)C2=O)cc(C2(c3nncn3C)CC(OC)C2)c1. The Labute approximate surface area is 243 Å². The van der Waals surface area contributed by atoms with Gasteiger partial charge in [0.25, 0.3) is 5.91 Å². The van der Waals surface area contributed by atoms with Gasteiger partial charge in [0.05, 0.1) is 30.2 Å². The van der Waals surface area contributed by atoms with Crippen LogP contribution >= 0.6 is 0 Å². The first-order valence-electron chi connectivity index (χ1n) is 14.4. The predicted octanol–water partition coefficient (Wildman–Crippen LogP) is 5.52. The van der Waals surface area contributed by atoms with Crippen LogP contribution in [0.25, 0.3) is 0 Å². The Morgan fingerprint density at radius 1 is 1.14 bits per heavy atom. The van der Waals surface area contributed by atoms with Gasteiger partial charge >= 0.3 is 6.18 Å². The monoisotopic (exact) mass is 583 g/mol. The summed E-state index contributed by atoms with van der Waals surface area (Å²) in [7, 11) is 3.55. The molecule has 6 rings (SSSR count). The van der Waals surface area contributed by atoms with E-state index in [0.717, 1.165) is 30.7 Å². The molecule has 3 aromatic rings. The number of alkyl halides is 3. The van der Waals surface area contributed by atoms with Gasteiger partial charge in [-0.05, 0) is 86.9 Å². The zero-order chi connectivity index (χ0) is 29.9. The summed E-state index contributed by atoms with van der Waals surface area (Å²) in [4.78, 5) is 15.3. The van der Waals surface area contributed by atoms with Crippen LogP contribution in [0.15, 0.2) is 36.7 Å². The van der Waals surface area contributed by atoms with Gasteiger partial charge in [0.2, 0.25) is 0 Å². The highest BCUT2D eigenvalue weighted by Crippen LogP contribution is 2.51. The fourth-order valence-corrected chi connectivity index (χ4v) is 6.64. The Morgan fingerprint density at radius 3 is 2.50 bits per heavy atom. The number of hydrogen-bond donors (Lipinski definition) is 1. The molecule has 2 aliphatic carbocycles. The number of hydrogen-bond acceptors (Lipinski definition) is 6. The fourth-order valence-electron chi connectivity index (χ4n) is 6.64. The summed E-state index contributed by atoms with van der Waals surface area (Å²) in [6, 6.07) is 8.33. The van der Waals surface area contributed by atoms with Crippen LogP contribution in [0.5, 0.6) is 5.75 Å². The third-order valence-electron chi connectivity index (χ3n) is 9.27. The molecule has 2 saturated carbocycles. The molecule has 0 bridgehead atoms. The van der Waals surface area contributed by atoms with Crippen molar-refractivity contribution in [2.75, 3.05) is 18.6 Å². The van der Waals surface area contributed by atoms with E-state index in [2.05, 4.69) is 22.4 Å². The number of nitrogens with zero attached hydrogens (tertiary/aromatic N) is 4. The van der Waals surface area contributed by atoms with E-state index >= 15 is 0 Å². The number of benzene rings is 2. The molecule has 2 fully saturated rings. The molecule has 0 radical (unpaired) electrons. The van der Waals surface area contributed by atoms with Gasteiger partial charge in [0.15, 0.2) is 0 Å². The summed E-state index contributed by atoms with van der Waals surface area (Å²) in [6.07, 6.45) is 1.42. The van der Waals surface area contributed by atoms with E-state index in [1.54, 1.807) is 25.6 Å². The van der Waals surface area contributed by atoms with Crippen molar-refractivity contribution < 1.29 is 27.4 Å². The number of anilines is 1. The van der Waals surface area contributed by atoms with Crippen LogP contribution in [0, 0.1) is 0 Å². The smallest absolute Gasteiger partial charge is 0.416 e. The lowest BCUT2D eigenvalue weighted by atomic mass is 9.62. The molecule has 224 valence electrons. The Morgan fingerprint density at radius 2 is 1.90 bits per heavy atom. The normalized spacial score (nSPS) is 23.0. The van der Waals surface area contributed by atoms with Gasteiger partial charge in [-0.1, -0.05) is 0 Å². The summed E-state index contributed by atoms with van der Waals surface area (Å²) < 4.78 is 56.4. The van der Waals surface area contributed by atoms with Gasteiger partial charge in [0.1, 0.15) is 17.9 Å². The zero-order valence-electron chi connectivity index (χ0n) is 24.3. The summed E-state index contributed by atoms with van der Waals surface area (Å²) in [5.41, 5.74) is 0.499. The second-order valence-corrected chi connectivity index (χ2v) is 12.1. The Balaban J connectivity index is 1.39. The molecule has 0 spiro atoms. The molecule has 11 heteroatoms. The summed E-state index contributed by atoms with van der Waals surface area (Å²) >= 11 is 0. The summed E-state index contributed by atoms with van der Waals surface area (Å²) in [5, 5.41) is 11.9. The standard InChI is InChI=1S/C31H36F3N5O3/c1-5-42-22-12-20(30(14-23(15-30)41-4)28-37-36-18-38(28)3)11-21(13-22)39-17-25-24(27(39)40)9-19(10-26(25)31(32,33)34)16-35-29(2)7-6-8-29/h9-13,18,23,35H,5-8,14-17H2,1-4H3. The number of aromatic nitrogens is 3. The number of nitrogens with one attached hydrogen (secondary N) is 1. The van der Waals surface area contributed by atoms with Crippen LogP contribution in [0.2, 0.25) is 0 Å². The number of carbonyl (C=O) groups is 1. The van der Waals surface area contributed by atoms with Crippen molar-refractivity contribution in [3.63, 3.8) is 0 Å². The minimum Gasteiger partial charge on any atom is -0.494 e. The molecule has 1 aromatic heterocycles. The van der Waals surface area contributed by atoms with Crippen molar-refractivity contribution in [3.05, 3.63) is 70.3 Å². The van der Waals surface area contributed by atoms with Crippen molar-refractivity contribution in [1.29, 1.82) is 0 Å². The lowest BCUT2D eigenvalue weighted by Gasteiger charge is -2.46. The van der Waals surface area contributed by atoms with Gasteiger partial charge in [-0.15, -0.1) is 10.2 Å². The molecule has 1 N–H and O–H groups in total. The lowest BCUT2D eigenvalue weighted by molar-refractivity contribution is -0.138. The van der Waals surface area contributed by atoms with E-state index in [1.807, 2.05) is 30.7 Å².